The lowest BCUT2D eigenvalue weighted by Gasteiger charge is -2.36. The average Bonchev–Trinajstić information content (AvgIpc) is 2.60. The summed E-state index contributed by atoms with van der Waals surface area (Å²) in [6.07, 6.45) is 0. The Morgan fingerprint density at radius 2 is 1.79 bits per heavy atom. The Bertz CT molecular complexity index is 672. The van der Waals surface area contributed by atoms with Gasteiger partial charge in [0.2, 0.25) is 10.0 Å². The van der Waals surface area contributed by atoms with Gasteiger partial charge in [0, 0.05) is 44.8 Å². The van der Waals surface area contributed by atoms with Crippen LogP contribution < -0.4 is 14.2 Å². The number of nitrogens with one attached hydrogen (secondary N) is 1. The molecule has 2 heterocycles. The maximum Gasteiger partial charge on any atom is 0.240 e. The zero-order valence-electron chi connectivity index (χ0n) is 14.2. The number of likely N-dealkylation sites (N-methyl/N-ethyl adjacent to an activating group) is 1. The van der Waals surface area contributed by atoms with Crippen LogP contribution in [0, 0.1) is 0 Å². The number of ether oxygens (including phenoxy) is 2. The molecule has 0 radical (unpaired) electrons. The van der Waals surface area contributed by atoms with Gasteiger partial charge in [0.1, 0.15) is 13.2 Å². The van der Waals surface area contributed by atoms with E-state index < -0.39 is 10.0 Å². The van der Waals surface area contributed by atoms with Crippen LogP contribution in [0.25, 0.3) is 0 Å². The standard InChI is InChI=1S/C16H25N3O4S/c1-13(19-7-5-18(2)6-8-19)12-17-24(20,21)14-3-4-15-16(11-14)23-10-9-22-15/h3-4,11,13,17H,5-10,12H2,1-2H3. The first kappa shape index (κ1) is 17.5. The van der Waals surface area contributed by atoms with Crippen molar-refractivity contribution in [1.82, 2.24) is 14.5 Å². The smallest absolute Gasteiger partial charge is 0.240 e. The lowest BCUT2D eigenvalue weighted by molar-refractivity contribution is 0.120. The molecule has 1 aromatic rings. The highest BCUT2D eigenvalue weighted by Crippen LogP contribution is 2.32. The van der Waals surface area contributed by atoms with Crippen LogP contribution in [0.3, 0.4) is 0 Å². The molecule has 2 aliphatic heterocycles. The minimum Gasteiger partial charge on any atom is -0.486 e. The summed E-state index contributed by atoms with van der Waals surface area (Å²) in [5.74, 6) is 1.07. The fourth-order valence-electron chi connectivity index (χ4n) is 2.90. The average molecular weight is 355 g/mol. The largest absolute Gasteiger partial charge is 0.486 e. The Balaban J connectivity index is 1.61. The maximum atomic E-state index is 12.5. The van der Waals surface area contributed by atoms with Crippen LogP contribution in [0.15, 0.2) is 23.1 Å². The van der Waals surface area contributed by atoms with Gasteiger partial charge in [-0.2, -0.15) is 0 Å². The molecule has 0 spiro atoms. The monoisotopic (exact) mass is 355 g/mol. The molecule has 24 heavy (non-hydrogen) atoms. The SMILES string of the molecule is CC(CNS(=O)(=O)c1ccc2c(c1)OCCO2)N1CCN(C)CC1. The number of piperazine rings is 1. The summed E-state index contributed by atoms with van der Waals surface area (Å²) in [5, 5.41) is 0. The summed E-state index contributed by atoms with van der Waals surface area (Å²) in [6, 6.07) is 4.88. The van der Waals surface area contributed by atoms with Gasteiger partial charge in [-0.3, -0.25) is 4.90 Å². The third-order valence-corrected chi connectivity index (χ3v) is 5.98. The van der Waals surface area contributed by atoms with Crippen molar-refractivity contribution in [3.05, 3.63) is 18.2 Å². The van der Waals surface area contributed by atoms with Gasteiger partial charge in [-0.25, -0.2) is 13.1 Å². The van der Waals surface area contributed by atoms with Crippen LogP contribution in [-0.2, 0) is 10.0 Å². The number of benzene rings is 1. The summed E-state index contributed by atoms with van der Waals surface area (Å²) in [5.41, 5.74) is 0. The summed E-state index contributed by atoms with van der Waals surface area (Å²) < 4.78 is 38.6. The van der Waals surface area contributed by atoms with Gasteiger partial charge in [0.05, 0.1) is 4.90 Å². The molecule has 134 valence electrons. The second kappa shape index (κ2) is 7.26. The first-order valence-corrected chi connectivity index (χ1v) is 9.76. The molecule has 3 rings (SSSR count). The molecule has 0 saturated carbocycles. The van der Waals surface area contributed by atoms with Crippen molar-refractivity contribution in [1.29, 1.82) is 0 Å². The van der Waals surface area contributed by atoms with E-state index in [-0.39, 0.29) is 10.9 Å². The number of nitrogens with zero attached hydrogens (tertiary/aromatic N) is 2. The van der Waals surface area contributed by atoms with Gasteiger partial charge < -0.3 is 14.4 Å². The lowest BCUT2D eigenvalue weighted by Crippen LogP contribution is -2.51. The van der Waals surface area contributed by atoms with E-state index in [4.69, 9.17) is 9.47 Å². The van der Waals surface area contributed by atoms with Crippen molar-refractivity contribution in [2.24, 2.45) is 0 Å². The molecular weight excluding hydrogens is 330 g/mol. The Hall–Kier alpha value is -1.35. The molecule has 0 aromatic heterocycles. The van der Waals surface area contributed by atoms with E-state index in [1.165, 1.54) is 6.07 Å². The van der Waals surface area contributed by atoms with Crippen LogP contribution in [0.5, 0.6) is 11.5 Å². The molecule has 0 bridgehead atoms. The first-order chi connectivity index (χ1) is 11.5. The summed E-state index contributed by atoms with van der Waals surface area (Å²) >= 11 is 0. The minimum atomic E-state index is -3.56. The molecule has 1 fully saturated rings. The Morgan fingerprint density at radius 3 is 2.50 bits per heavy atom. The summed E-state index contributed by atoms with van der Waals surface area (Å²) in [4.78, 5) is 4.80. The molecule has 0 amide bonds. The number of hydrogen-bond donors (Lipinski definition) is 1. The van der Waals surface area contributed by atoms with Crippen LogP contribution in [0.2, 0.25) is 0 Å². The van der Waals surface area contributed by atoms with E-state index in [9.17, 15) is 8.42 Å². The highest BCUT2D eigenvalue weighted by Gasteiger charge is 2.23. The van der Waals surface area contributed by atoms with Gasteiger partial charge in [0.15, 0.2) is 11.5 Å². The van der Waals surface area contributed by atoms with Gasteiger partial charge in [-0.05, 0) is 26.1 Å². The molecule has 2 aliphatic rings. The number of sulfonamides is 1. The van der Waals surface area contributed by atoms with Gasteiger partial charge >= 0.3 is 0 Å². The van der Waals surface area contributed by atoms with E-state index in [1.807, 2.05) is 0 Å². The van der Waals surface area contributed by atoms with Crippen molar-refractivity contribution in [3.8, 4) is 11.5 Å². The van der Waals surface area contributed by atoms with E-state index >= 15 is 0 Å². The summed E-state index contributed by atoms with van der Waals surface area (Å²) in [6.45, 7) is 7.31. The van der Waals surface area contributed by atoms with Crippen molar-refractivity contribution in [2.75, 3.05) is 53.0 Å². The third-order valence-electron chi connectivity index (χ3n) is 4.55. The normalized spacial score (nSPS) is 20.8. The molecular formula is C16H25N3O4S. The third kappa shape index (κ3) is 4.00. The molecule has 1 saturated heterocycles. The molecule has 1 aromatic carbocycles. The second-order valence-electron chi connectivity index (χ2n) is 6.35. The molecule has 1 unspecified atom stereocenters. The van der Waals surface area contributed by atoms with Crippen LogP contribution in [0.4, 0.5) is 0 Å². The number of rotatable bonds is 5. The van der Waals surface area contributed by atoms with E-state index in [0.29, 0.717) is 31.3 Å². The quantitative estimate of drug-likeness (QED) is 0.823. The molecule has 1 N–H and O–H groups in total. The highest BCUT2D eigenvalue weighted by atomic mass is 32.2. The van der Waals surface area contributed by atoms with E-state index in [2.05, 4.69) is 28.5 Å². The van der Waals surface area contributed by atoms with Gasteiger partial charge in [-0.15, -0.1) is 0 Å². The molecule has 8 heteroatoms. The Labute approximate surface area is 143 Å². The van der Waals surface area contributed by atoms with Crippen LogP contribution in [0.1, 0.15) is 6.92 Å². The van der Waals surface area contributed by atoms with Crippen LogP contribution in [-0.4, -0.2) is 77.2 Å². The van der Waals surface area contributed by atoms with Gasteiger partial charge in [0.25, 0.3) is 0 Å². The fraction of sp³-hybridized carbons (Fsp3) is 0.625. The van der Waals surface area contributed by atoms with Crippen molar-refractivity contribution in [2.45, 2.75) is 17.9 Å². The van der Waals surface area contributed by atoms with E-state index in [1.54, 1.807) is 12.1 Å². The Morgan fingerprint density at radius 1 is 1.12 bits per heavy atom. The lowest BCUT2D eigenvalue weighted by atomic mass is 10.2. The predicted molar refractivity (Wildman–Crippen MR) is 91.2 cm³/mol. The van der Waals surface area contributed by atoms with Crippen molar-refractivity contribution < 1.29 is 17.9 Å². The van der Waals surface area contributed by atoms with Crippen molar-refractivity contribution in [3.63, 3.8) is 0 Å². The zero-order valence-corrected chi connectivity index (χ0v) is 15.0. The van der Waals surface area contributed by atoms with Gasteiger partial charge in [-0.1, -0.05) is 0 Å². The Kier molecular flexibility index (Phi) is 5.29. The number of hydrogen-bond acceptors (Lipinski definition) is 6. The second-order valence-corrected chi connectivity index (χ2v) is 8.11. The maximum absolute atomic E-state index is 12.5. The molecule has 7 nitrogen and oxygen atoms in total. The molecule has 1 atom stereocenters. The number of fused-ring (bicyclic) bond motifs is 1. The molecule has 0 aliphatic carbocycles. The first-order valence-electron chi connectivity index (χ1n) is 8.27. The highest BCUT2D eigenvalue weighted by molar-refractivity contribution is 7.89. The summed E-state index contributed by atoms with van der Waals surface area (Å²) in [7, 11) is -1.46. The van der Waals surface area contributed by atoms with Crippen molar-refractivity contribution >= 4 is 10.0 Å². The minimum absolute atomic E-state index is 0.158. The van der Waals surface area contributed by atoms with E-state index in [0.717, 1.165) is 26.2 Å². The topological polar surface area (TPSA) is 71.1 Å². The van der Waals surface area contributed by atoms with Crippen LogP contribution >= 0.6 is 0 Å². The zero-order chi connectivity index (χ0) is 17.2. The fourth-order valence-corrected chi connectivity index (χ4v) is 4.03. The predicted octanol–water partition coefficient (Wildman–Crippen LogP) is 0.372.